The number of nitrogens with zero attached hydrogens (tertiary/aromatic N) is 1. The van der Waals surface area contributed by atoms with E-state index in [1.54, 1.807) is 0 Å². The zero-order chi connectivity index (χ0) is 10.1. The van der Waals surface area contributed by atoms with Crippen molar-refractivity contribution in [3.63, 3.8) is 0 Å². The maximum atomic E-state index is 12.7. The lowest BCUT2D eigenvalue weighted by molar-refractivity contribution is -0.139. The summed E-state index contributed by atoms with van der Waals surface area (Å²) in [6, 6.07) is 0. The Bertz CT molecular complexity index is 265. The van der Waals surface area contributed by atoms with Crippen molar-refractivity contribution >= 4 is 12.1 Å². The van der Waals surface area contributed by atoms with Gasteiger partial charge in [-0.3, -0.25) is 4.79 Å². The summed E-state index contributed by atoms with van der Waals surface area (Å²) in [7, 11) is 0. The van der Waals surface area contributed by atoms with Crippen molar-refractivity contribution in [1.82, 2.24) is 4.90 Å². The van der Waals surface area contributed by atoms with E-state index in [0.29, 0.717) is 13.0 Å². The summed E-state index contributed by atoms with van der Waals surface area (Å²) in [6.45, 7) is 0.398. The normalized spacial score (nSPS) is 26.4. The van der Waals surface area contributed by atoms with Gasteiger partial charge >= 0.3 is 12.1 Å². The van der Waals surface area contributed by atoms with Crippen LogP contribution in [-0.2, 0) is 9.53 Å². The average molecular weight is 201 g/mol. The molecular formula is C9H12FNO3. The molecule has 2 rings (SSSR count). The lowest BCUT2D eigenvalue weighted by atomic mass is 10.3. The van der Waals surface area contributed by atoms with E-state index in [-0.39, 0.29) is 12.5 Å². The second-order valence-corrected chi connectivity index (χ2v) is 3.79. The number of hydrogen-bond donors (Lipinski definition) is 0. The largest absolute Gasteiger partial charge is 0.417 e. The molecule has 0 aromatic rings. The highest BCUT2D eigenvalue weighted by molar-refractivity contribution is 5.87. The molecule has 1 aliphatic carbocycles. The molecule has 0 spiro atoms. The molecule has 1 heterocycles. The summed E-state index contributed by atoms with van der Waals surface area (Å²) in [5.74, 6) is -0.556. The van der Waals surface area contributed by atoms with Crippen LogP contribution in [0.1, 0.15) is 19.3 Å². The molecule has 14 heavy (non-hydrogen) atoms. The zero-order valence-electron chi connectivity index (χ0n) is 7.74. The van der Waals surface area contributed by atoms with E-state index >= 15 is 0 Å². The second kappa shape index (κ2) is 3.55. The van der Waals surface area contributed by atoms with Gasteiger partial charge in [-0.15, -0.1) is 0 Å². The summed E-state index contributed by atoms with van der Waals surface area (Å²) in [5, 5.41) is 0. The molecule has 78 valence electrons. The van der Waals surface area contributed by atoms with E-state index in [0.717, 1.165) is 12.8 Å². The van der Waals surface area contributed by atoms with Gasteiger partial charge in [0.1, 0.15) is 6.17 Å². The van der Waals surface area contributed by atoms with Crippen molar-refractivity contribution in [1.29, 1.82) is 0 Å². The van der Waals surface area contributed by atoms with E-state index in [2.05, 4.69) is 4.74 Å². The number of ether oxygens (including phenoxy) is 1. The highest BCUT2D eigenvalue weighted by atomic mass is 19.1. The first-order valence-electron chi connectivity index (χ1n) is 4.81. The smallest absolute Gasteiger partial charge is 0.376 e. The van der Waals surface area contributed by atoms with Crippen molar-refractivity contribution in [2.45, 2.75) is 25.4 Å². The van der Waals surface area contributed by atoms with Crippen molar-refractivity contribution in [3.8, 4) is 0 Å². The molecule has 1 saturated carbocycles. The summed E-state index contributed by atoms with van der Waals surface area (Å²) in [4.78, 5) is 23.6. The number of alkyl halides is 1. The molecule has 1 saturated heterocycles. The molecular weight excluding hydrogens is 189 g/mol. The fourth-order valence-electron chi connectivity index (χ4n) is 1.44. The van der Waals surface area contributed by atoms with Crippen molar-refractivity contribution < 1.29 is 18.7 Å². The van der Waals surface area contributed by atoms with E-state index in [4.69, 9.17) is 0 Å². The van der Waals surface area contributed by atoms with Gasteiger partial charge in [0.05, 0.1) is 12.5 Å². The Balaban J connectivity index is 1.80. The molecule has 0 unspecified atom stereocenters. The molecule has 0 N–H and O–H groups in total. The summed E-state index contributed by atoms with van der Waals surface area (Å²) in [5.41, 5.74) is 0. The molecule has 4 nitrogen and oxygen atoms in total. The Morgan fingerprint density at radius 3 is 2.50 bits per heavy atom. The third kappa shape index (κ3) is 2.02. The number of carbonyl (C=O) groups is 2. The van der Waals surface area contributed by atoms with Crippen LogP contribution in [0.15, 0.2) is 0 Å². The van der Waals surface area contributed by atoms with Crippen LogP contribution in [0.25, 0.3) is 0 Å². The van der Waals surface area contributed by atoms with Gasteiger partial charge in [0, 0.05) is 6.54 Å². The van der Waals surface area contributed by atoms with Gasteiger partial charge in [0.15, 0.2) is 0 Å². The Kier molecular flexibility index (Phi) is 2.39. The first kappa shape index (κ1) is 9.43. The third-order valence-corrected chi connectivity index (χ3v) is 2.49. The van der Waals surface area contributed by atoms with Crippen LogP contribution < -0.4 is 0 Å². The summed E-state index contributed by atoms with van der Waals surface area (Å²) >= 11 is 0. The van der Waals surface area contributed by atoms with E-state index in [1.165, 1.54) is 4.90 Å². The molecule has 5 heteroatoms. The summed E-state index contributed by atoms with van der Waals surface area (Å²) in [6.07, 6.45) is 0.281. The minimum absolute atomic E-state index is 0.0524. The maximum Gasteiger partial charge on any atom is 0.417 e. The van der Waals surface area contributed by atoms with Gasteiger partial charge in [-0.2, -0.15) is 0 Å². The average Bonchev–Trinajstić information content (AvgIpc) is 2.89. The number of likely N-dealkylation sites (tertiary alicyclic amines) is 1. The number of amides is 1. The minimum atomic E-state index is -0.974. The topological polar surface area (TPSA) is 46.6 Å². The molecule has 1 aliphatic heterocycles. The van der Waals surface area contributed by atoms with Gasteiger partial charge in [-0.25, -0.2) is 9.18 Å². The molecule has 0 radical (unpaired) electrons. The molecule has 0 bridgehead atoms. The molecule has 0 aromatic heterocycles. The van der Waals surface area contributed by atoms with Gasteiger partial charge in [-0.05, 0) is 19.3 Å². The quantitative estimate of drug-likeness (QED) is 0.471. The Morgan fingerprint density at radius 1 is 1.29 bits per heavy atom. The molecule has 1 atom stereocenters. The fraction of sp³-hybridized carbons (Fsp3) is 0.778. The second-order valence-electron chi connectivity index (χ2n) is 3.79. The van der Waals surface area contributed by atoms with E-state index in [1.807, 2.05) is 0 Å². The predicted molar refractivity (Wildman–Crippen MR) is 45.3 cm³/mol. The first-order chi connectivity index (χ1) is 6.66. The van der Waals surface area contributed by atoms with Crippen LogP contribution in [0.3, 0.4) is 0 Å². The van der Waals surface area contributed by atoms with Crippen LogP contribution in [0, 0.1) is 5.92 Å². The molecule has 1 amide bonds. The van der Waals surface area contributed by atoms with E-state index in [9.17, 15) is 14.0 Å². The number of halogens is 1. The fourth-order valence-corrected chi connectivity index (χ4v) is 1.44. The number of esters is 1. The van der Waals surface area contributed by atoms with Crippen LogP contribution in [0.2, 0.25) is 0 Å². The Morgan fingerprint density at radius 2 is 2.00 bits per heavy atom. The lowest BCUT2D eigenvalue weighted by Gasteiger charge is -2.13. The SMILES string of the molecule is O=C(OC(=O)N1CC[C@@H](F)C1)C1CC1. The van der Waals surface area contributed by atoms with Gasteiger partial charge in [-0.1, -0.05) is 0 Å². The summed E-state index contributed by atoms with van der Waals surface area (Å²) < 4.78 is 17.3. The van der Waals surface area contributed by atoms with Crippen molar-refractivity contribution in [3.05, 3.63) is 0 Å². The lowest BCUT2D eigenvalue weighted by Crippen LogP contribution is -2.31. The van der Waals surface area contributed by atoms with Crippen LogP contribution in [0.4, 0.5) is 9.18 Å². The van der Waals surface area contributed by atoms with E-state index < -0.39 is 18.2 Å². The minimum Gasteiger partial charge on any atom is -0.376 e. The molecule has 2 aliphatic rings. The highest BCUT2D eigenvalue weighted by Crippen LogP contribution is 2.30. The molecule has 2 fully saturated rings. The van der Waals surface area contributed by atoms with Crippen LogP contribution in [-0.4, -0.2) is 36.2 Å². The van der Waals surface area contributed by atoms with Gasteiger partial charge in [0.25, 0.3) is 0 Å². The standard InChI is InChI=1S/C9H12FNO3/c10-7-3-4-11(5-7)9(13)14-8(12)6-1-2-6/h6-7H,1-5H2/t7-/m1/s1. The van der Waals surface area contributed by atoms with Crippen LogP contribution in [0.5, 0.6) is 0 Å². The highest BCUT2D eigenvalue weighted by Gasteiger charge is 2.35. The van der Waals surface area contributed by atoms with Gasteiger partial charge in [0.2, 0.25) is 0 Å². The maximum absolute atomic E-state index is 12.7. The predicted octanol–water partition coefficient (Wildman–Crippen LogP) is 1.10. The number of hydrogen-bond acceptors (Lipinski definition) is 3. The van der Waals surface area contributed by atoms with Crippen molar-refractivity contribution in [2.24, 2.45) is 5.92 Å². The molecule has 0 aromatic carbocycles. The third-order valence-electron chi connectivity index (χ3n) is 2.49. The number of carbonyl (C=O) groups excluding carboxylic acids is 2. The Labute approximate surface area is 81.0 Å². The Hall–Kier alpha value is -1.13. The van der Waals surface area contributed by atoms with Crippen molar-refractivity contribution in [2.75, 3.05) is 13.1 Å². The van der Waals surface area contributed by atoms with Gasteiger partial charge < -0.3 is 9.64 Å². The first-order valence-corrected chi connectivity index (χ1v) is 4.81. The van der Waals surface area contributed by atoms with Crippen LogP contribution >= 0.6 is 0 Å². The number of rotatable bonds is 1. The zero-order valence-corrected chi connectivity index (χ0v) is 7.74. The monoisotopic (exact) mass is 201 g/mol.